The first-order chi connectivity index (χ1) is 14.5. The molecule has 0 aliphatic carbocycles. The van der Waals surface area contributed by atoms with Crippen LogP contribution in [0.2, 0.25) is 5.02 Å². The predicted molar refractivity (Wildman–Crippen MR) is 128 cm³/mol. The van der Waals surface area contributed by atoms with Gasteiger partial charge >= 0.3 is 0 Å². The molecule has 0 saturated carbocycles. The second-order valence-electron chi connectivity index (χ2n) is 6.16. The molecule has 0 atom stereocenters. The Kier molecular flexibility index (Phi) is 6.53. The molecule has 2 aromatic carbocycles. The van der Waals surface area contributed by atoms with Crippen LogP contribution in [-0.4, -0.2) is 16.8 Å². The summed E-state index contributed by atoms with van der Waals surface area (Å²) in [4.78, 5) is 16.0. The number of anilines is 1. The van der Waals surface area contributed by atoms with Gasteiger partial charge < -0.3 is 9.15 Å². The van der Waals surface area contributed by atoms with Crippen LogP contribution < -0.4 is 9.64 Å². The first kappa shape index (κ1) is 21.1. The molecular weight excluding hydrogens is 458 g/mol. The minimum atomic E-state index is -0.169. The Balaban J connectivity index is 1.49. The lowest BCUT2D eigenvalue weighted by Crippen LogP contribution is -2.27. The van der Waals surface area contributed by atoms with E-state index in [9.17, 15) is 4.79 Å². The van der Waals surface area contributed by atoms with E-state index in [4.69, 9.17) is 33.0 Å². The highest BCUT2D eigenvalue weighted by Crippen LogP contribution is 2.37. The molecule has 1 amide bonds. The van der Waals surface area contributed by atoms with Crippen molar-refractivity contribution in [2.45, 2.75) is 16.9 Å². The monoisotopic (exact) mass is 473 g/mol. The normalized spacial score (nSPS) is 15.3. The fourth-order valence-electron chi connectivity index (χ4n) is 2.76. The summed E-state index contributed by atoms with van der Waals surface area (Å²) >= 11 is 14.1. The lowest BCUT2D eigenvalue weighted by molar-refractivity contribution is -0.113. The molecule has 2 heterocycles. The summed E-state index contributed by atoms with van der Waals surface area (Å²) in [6.07, 6.45) is 1.72. The van der Waals surface area contributed by atoms with Crippen molar-refractivity contribution < 1.29 is 13.9 Å². The van der Waals surface area contributed by atoms with Crippen LogP contribution in [0.15, 0.2) is 80.0 Å². The fraction of sp³-hybridized carbons (Fsp3) is 0.0909. The third-order valence-electron chi connectivity index (χ3n) is 4.11. The van der Waals surface area contributed by atoms with Crippen molar-refractivity contribution in [2.24, 2.45) is 0 Å². The molecule has 0 unspecified atom stereocenters. The number of rotatable bonds is 6. The number of furan rings is 1. The zero-order valence-electron chi connectivity index (χ0n) is 15.8. The zero-order valence-corrected chi connectivity index (χ0v) is 19.0. The number of hydrogen-bond acceptors (Lipinski definition) is 6. The van der Waals surface area contributed by atoms with Crippen molar-refractivity contribution in [3.05, 3.63) is 76.4 Å². The zero-order chi connectivity index (χ0) is 21.1. The first-order valence-corrected chi connectivity index (χ1v) is 11.5. The average molecular weight is 474 g/mol. The standard InChI is InChI=1S/C22H16ClNO3S3/c1-2-26-16-7-5-15(6-8-16)24-21(25)19(30-22(24)28)13-17-9-12-20(27-17)29-18-10-3-14(23)4-11-18/h3-13H,2H2,1H3/b19-13-. The van der Waals surface area contributed by atoms with Gasteiger partial charge in [0.2, 0.25) is 0 Å². The summed E-state index contributed by atoms with van der Waals surface area (Å²) in [7, 11) is 0. The van der Waals surface area contributed by atoms with Crippen LogP contribution in [0.5, 0.6) is 5.75 Å². The van der Waals surface area contributed by atoms with Crippen LogP contribution in [0.3, 0.4) is 0 Å². The number of carbonyl (C=O) groups excluding carboxylic acids is 1. The number of benzene rings is 2. The highest BCUT2D eigenvalue weighted by molar-refractivity contribution is 8.27. The second-order valence-corrected chi connectivity index (χ2v) is 9.35. The molecular formula is C22H16ClNO3S3. The quantitative estimate of drug-likeness (QED) is 0.287. The maximum Gasteiger partial charge on any atom is 0.270 e. The van der Waals surface area contributed by atoms with Crippen LogP contribution in [-0.2, 0) is 4.79 Å². The number of thioether (sulfide) groups is 1. The molecule has 0 spiro atoms. The highest BCUT2D eigenvalue weighted by Gasteiger charge is 2.33. The molecule has 4 rings (SSSR count). The third kappa shape index (κ3) is 4.75. The van der Waals surface area contributed by atoms with Gasteiger partial charge in [0.05, 0.1) is 17.2 Å². The van der Waals surface area contributed by atoms with Gasteiger partial charge in [0, 0.05) is 16.0 Å². The summed E-state index contributed by atoms with van der Waals surface area (Å²) in [5.41, 5.74) is 0.711. The number of ether oxygens (including phenoxy) is 1. The molecule has 1 fully saturated rings. The van der Waals surface area contributed by atoms with Crippen LogP contribution in [0.25, 0.3) is 6.08 Å². The van der Waals surface area contributed by atoms with E-state index in [-0.39, 0.29) is 5.91 Å². The molecule has 1 aromatic heterocycles. The summed E-state index contributed by atoms with van der Waals surface area (Å²) in [6.45, 7) is 2.51. The van der Waals surface area contributed by atoms with Gasteiger partial charge in [-0.3, -0.25) is 9.69 Å². The van der Waals surface area contributed by atoms with Gasteiger partial charge in [-0.15, -0.1) is 0 Å². The molecule has 1 aliphatic rings. The second kappa shape index (κ2) is 9.31. The van der Waals surface area contributed by atoms with Crippen molar-refractivity contribution in [2.75, 3.05) is 11.5 Å². The average Bonchev–Trinajstić information content (AvgIpc) is 3.28. The van der Waals surface area contributed by atoms with Gasteiger partial charge in [0.15, 0.2) is 9.41 Å². The molecule has 4 nitrogen and oxygen atoms in total. The Hall–Kier alpha value is -2.19. The van der Waals surface area contributed by atoms with Crippen LogP contribution in [0.1, 0.15) is 12.7 Å². The molecule has 0 N–H and O–H groups in total. The molecule has 8 heteroatoms. The third-order valence-corrected chi connectivity index (χ3v) is 6.59. The Morgan fingerprint density at radius 3 is 2.57 bits per heavy atom. The van der Waals surface area contributed by atoms with E-state index < -0.39 is 0 Å². The molecule has 0 bridgehead atoms. The van der Waals surface area contributed by atoms with E-state index in [0.29, 0.717) is 32.3 Å². The summed E-state index contributed by atoms with van der Waals surface area (Å²) < 4.78 is 11.8. The van der Waals surface area contributed by atoms with Crippen molar-refractivity contribution in [3.8, 4) is 5.75 Å². The smallest absolute Gasteiger partial charge is 0.270 e. The lowest BCUT2D eigenvalue weighted by atomic mass is 10.2. The van der Waals surface area contributed by atoms with E-state index in [1.807, 2.05) is 67.6 Å². The highest BCUT2D eigenvalue weighted by atomic mass is 35.5. The van der Waals surface area contributed by atoms with Crippen LogP contribution in [0, 0.1) is 0 Å². The maximum absolute atomic E-state index is 12.9. The maximum atomic E-state index is 12.9. The van der Waals surface area contributed by atoms with E-state index in [0.717, 1.165) is 15.7 Å². The van der Waals surface area contributed by atoms with E-state index in [1.165, 1.54) is 28.4 Å². The fourth-order valence-corrected chi connectivity index (χ4v) is 4.95. The number of nitrogens with zero attached hydrogens (tertiary/aromatic N) is 1. The minimum Gasteiger partial charge on any atom is -0.494 e. The van der Waals surface area contributed by atoms with Gasteiger partial charge in [0.25, 0.3) is 5.91 Å². The number of thiocarbonyl (C=S) groups is 1. The number of hydrogen-bond donors (Lipinski definition) is 0. The Morgan fingerprint density at radius 1 is 1.13 bits per heavy atom. The molecule has 1 aliphatic heterocycles. The summed E-state index contributed by atoms with van der Waals surface area (Å²) in [5.74, 6) is 1.18. The topological polar surface area (TPSA) is 42.7 Å². The molecule has 152 valence electrons. The van der Waals surface area contributed by atoms with Gasteiger partial charge in [-0.05, 0) is 67.6 Å². The van der Waals surface area contributed by atoms with Gasteiger partial charge in [-0.1, -0.05) is 47.3 Å². The Bertz CT molecular complexity index is 1110. The van der Waals surface area contributed by atoms with E-state index in [1.54, 1.807) is 6.08 Å². The van der Waals surface area contributed by atoms with E-state index in [2.05, 4.69) is 0 Å². The van der Waals surface area contributed by atoms with Gasteiger partial charge in [0.1, 0.15) is 11.5 Å². The van der Waals surface area contributed by atoms with Crippen molar-refractivity contribution in [1.82, 2.24) is 0 Å². The van der Waals surface area contributed by atoms with Gasteiger partial charge in [-0.2, -0.15) is 0 Å². The number of carbonyl (C=O) groups is 1. The largest absolute Gasteiger partial charge is 0.494 e. The van der Waals surface area contributed by atoms with Crippen molar-refractivity contribution in [3.63, 3.8) is 0 Å². The Labute approximate surface area is 193 Å². The SMILES string of the molecule is CCOc1ccc(N2C(=O)/C(=C/c3ccc(Sc4ccc(Cl)cc4)o3)SC2=S)cc1. The van der Waals surface area contributed by atoms with Gasteiger partial charge in [-0.25, -0.2) is 0 Å². The van der Waals surface area contributed by atoms with Crippen LogP contribution in [0.4, 0.5) is 5.69 Å². The Morgan fingerprint density at radius 2 is 1.87 bits per heavy atom. The molecule has 0 radical (unpaired) electrons. The number of amides is 1. The predicted octanol–water partition coefficient (Wildman–Crippen LogP) is 6.89. The van der Waals surface area contributed by atoms with Crippen molar-refractivity contribution in [1.29, 1.82) is 0 Å². The van der Waals surface area contributed by atoms with E-state index >= 15 is 0 Å². The van der Waals surface area contributed by atoms with Crippen molar-refractivity contribution >= 4 is 69.3 Å². The first-order valence-electron chi connectivity index (χ1n) is 9.07. The molecule has 30 heavy (non-hydrogen) atoms. The summed E-state index contributed by atoms with van der Waals surface area (Å²) in [6, 6.07) is 18.5. The van der Waals surface area contributed by atoms with Crippen LogP contribution >= 0.6 is 47.3 Å². The summed E-state index contributed by atoms with van der Waals surface area (Å²) in [5, 5.41) is 1.42. The molecule has 1 saturated heterocycles. The number of halogens is 1. The molecule has 3 aromatic rings. The lowest BCUT2D eigenvalue weighted by Gasteiger charge is -2.15. The minimum absolute atomic E-state index is 0.169.